The van der Waals surface area contributed by atoms with Crippen molar-refractivity contribution in [1.82, 2.24) is 5.32 Å². The lowest BCUT2D eigenvalue weighted by Gasteiger charge is -2.26. The van der Waals surface area contributed by atoms with Gasteiger partial charge < -0.3 is 24.5 Å². The van der Waals surface area contributed by atoms with E-state index < -0.39 is 0 Å². The number of rotatable bonds is 5. The quantitative estimate of drug-likeness (QED) is 0.509. The van der Waals surface area contributed by atoms with Crippen molar-refractivity contribution in [3.63, 3.8) is 0 Å². The van der Waals surface area contributed by atoms with Gasteiger partial charge in [-0.3, -0.25) is 4.79 Å². The van der Waals surface area contributed by atoms with Gasteiger partial charge in [0.25, 0.3) is 0 Å². The first-order valence-corrected chi connectivity index (χ1v) is 9.97. The van der Waals surface area contributed by atoms with Gasteiger partial charge in [0.15, 0.2) is 0 Å². The molecule has 1 amide bonds. The van der Waals surface area contributed by atoms with E-state index >= 15 is 0 Å². The number of anilines is 1. The number of ether oxygens (including phenoxy) is 2. The van der Waals surface area contributed by atoms with Crippen molar-refractivity contribution < 1.29 is 18.7 Å². The highest BCUT2D eigenvalue weighted by Crippen LogP contribution is 2.36. The Morgan fingerprint density at radius 3 is 2.80 bits per heavy atom. The van der Waals surface area contributed by atoms with E-state index in [2.05, 4.69) is 10.6 Å². The summed E-state index contributed by atoms with van der Waals surface area (Å²) in [5.41, 5.74) is 3.30. The number of hydrogen-bond donors (Lipinski definition) is 2. The number of furan rings is 1. The Labute approximate surface area is 173 Å². The first-order chi connectivity index (χ1) is 14.7. The molecule has 152 valence electrons. The molecule has 30 heavy (non-hydrogen) atoms. The molecule has 0 spiro atoms. The predicted octanol–water partition coefficient (Wildman–Crippen LogP) is 4.65. The minimum absolute atomic E-state index is 0.0519. The Hall–Kier alpha value is -3.67. The van der Waals surface area contributed by atoms with Crippen LogP contribution < -0.4 is 20.1 Å². The van der Waals surface area contributed by atoms with Gasteiger partial charge in [0.05, 0.1) is 32.0 Å². The third kappa shape index (κ3) is 3.30. The number of hydrogen-bond acceptors (Lipinski definition) is 5. The maximum atomic E-state index is 12.6. The van der Waals surface area contributed by atoms with Crippen molar-refractivity contribution in [3.8, 4) is 11.5 Å². The highest BCUT2D eigenvalue weighted by atomic mass is 16.5. The van der Waals surface area contributed by atoms with Crippen LogP contribution in [0.1, 0.15) is 18.0 Å². The minimum atomic E-state index is -0.0940. The van der Waals surface area contributed by atoms with Crippen molar-refractivity contribution in [2.45, 2.75) is 12.5 Å². The Balaban J connectivity index is 1.33. The van der Waals surface area contributed by atoms with Crippen molar-refractivity contribution in [3.05, 3.63) is 66.2 Å². The van der Waals surface area contributed by atoms with Crippen LogP contribution in [0.4, 0.5) is 5.69 Å². The number of para-hydroxylation sites is 2. The predicted molar refractivity (Wildman–Crippen MR) is 116 cm³/mol. The molecule has 6 heteroatoms. The van der Waals surface area contributed by atoms with Gasteiger partial charge in [-0.05, 0) is 18.2 Å². The van der Waals surface area contributed by atoms with Crippen LogP contribution in [0, 0.1) is 0 Å². The van der Waals surface area contributed by atoms with Crippen LogP contribution in [0.25, 0.3) is 21.9 Å². The van der Waals surface area contributed by atoms with Gasteiger partial charge in [0, 0.05) is 28.8 Å². The first kappa shape index (κ1) is 18.4. The summed E-state index contributed by atoms with van der Waals surface area (Å²) in [6.45, 7) is 0.716. The Morgan fingerprint density at radius 1 is 1.07 bits per heavy atom. The molecule has 0 saturated heterocycles. The highest BCUT2D eigenvalue weighted by Gasteiger charge is 2.22. The normalized spacial score (nSPS) is 15.4. The maximum absolute atomic E-state index is 12.6. The minimum Gasteiger partial charge on any atom is -0.495 e. The summed E-state index contributed by atoms with van der Waals surface area (Å²) in [5, 5.41) is 8.30. The molecular weight excluding hydrogens is 380 g/mol. The van der Waals surface area contributed by atoms with E-state index in [0.29, 0.717) is 18.0 Å². The fourth-order valence-corrected chi connectivity index (χ4v) is 3.97. The molecule has 0 fully saturated rings. The van der Waals surface area contributed by atoms with Gasteiger partial charge in [-0.2, -0.15) is 0 Å². The van der Waals surface area contributed by atoms with Gasteiger partial charge in [0.2, 0.25) is 5.91 Å². The second kappa shape index (κ2) is 7.63. The standard InChI is InChI=1S/C24H22N2O4/c1-28-23-12-17-15-6-2-5-9-21(15)30-22(17)13-19(23)25-14-24(27)26-18-10-11-29-20-8-4-3-7-16(18)20/h2-9,12-13,18,25H,10-11,14H2,1H3,(H,26,27). The SMILES string of the molecule is COc1cc2c(cc1NCC(=O)NC1CCOc3ccccc31)oc1ccccc12. The van der Waals surface area contributed by atoms with E-state index in [1.807, 2.05) is 60.7 Å². The van der Waals surface area contributed by atoms with Gasteiger partial charge in [-0.15, -0.1) is 0 Å². The summed E-state index contributed by atoms with van der Waals surface area (Å²) in [6, 6.07) is 19.5. The van der Waals surface area contributed by atoms with Crippen LogP contribution in [-0.2, 0) is 4.79 Å². The molecule has 6 nitrogen and oxygen atoms in total. The molecule has 2 N–H and O–H groups in total. The van der Waals surface area contributed by atoms with E-state index in [1.165, 1.54) is 0 Å². The number of carbonyl (C=O) groups excluding carboxylic acids is 1. The fourth-order valence-electron chi connectivity index (χ4n) is 3.97. The molecule has 1 aromatic heterocycles. The summed E-state index contributed by atoms with van der Waals surface area (Å²) in [5.74, 6) is 1.40. The number of fused-ring (bicyclic) bond motifs is 4. The number of nitrogens with one attached hydrogen (secondary N) is 2. The van der Waals surface area contributed by atoms with Crippen molar-refractivity contribution >= 4 is 33.5 Å². The molecule has 0 radical (unpaired) electrons. The third-order valence-corrected chi connectivity index (χ3v) is 5.43. The Morgan fingerprint density at radius 2 is 1.90 bits per heavy atom. The second-order valence-electron chi connectivity index (χ2n) is 7.30. The lowest BCUT2D eigenvalue weighted by Crippen LogP contribution is -2.35. The van der Waals surface area contributed by atoms with Gasteiger partial charge in [0.1, 0.15) is 22.7 Å². The number of amides is 1. The lowest BCUT2D eigenvalue weighted by molar-refractivity contribution is -0.120. The van der Waals surface area contributed by atoms with Crippen molar-refractivity contribution in [2.75, 3.05) is 25.6 Å². The van der Waals surface area contributed by atoms with E-state index in [9.17, 15) is 4.79 Å². The number of benzene rings is 3. The molecule has 1 unspecified atom stereocenters. The first-order valence-electron chi connectivity index (χ1n) is 9.97. The van der Waals surface area contributed by atoms with E-state index in [-0.39, 0.29) is 18.5 Å². The molecular formula is C24H22N2O4. The van der Waals surface area contributed by atoms with Gasteiger partial charge in [-0.1, -0.05) is 36.4 Å². The largest absolute Gasteiger partial charge is 0.495 e. The lowest BCUT2D eigenvalue weighted by atomic mass is 10.0. The van der Waals surface area contributed by atoms with E-state index in [4.69, 9.17) is 13.9 Å². The summed E-state index contributed by atoms with van der Waals surface area (Å²) in [4.78, 5) is 12.6. The molecule has 0 aliphatic carbocycles. The molecule has 0 bridgehead atoms. The Bertz CT molecular complexity index is 1230. The van der Waals surface area contributed by atoms with Crippen LogP contribution >= 0.6 is 0 Å². The van der Waals surface area contributed by atoms with E-state index in [1.54, 1.807) is 7.11 Å². The second-order valence-corrected chi connectivity index (χ2v) is 7.30. The van der Waals surface area contributed by atoms with Crippen LogP contribution in [-0.4, -0.2) is 26.2 Å². The average molecular weight is 402 g/mol. The summed E-state index contributed by atoms with van der Waals surface area (Å²) < 4.78 is 17.2. The number of carbonyl (C=O) groups is 1. The van der Waals surface area contributed by atoms with Gasteiger partial charge >= 0.3 is 0 Å². The molecule has 2 heterocycles. The monoisotopic (exact) mass is 402 g/mol. The van der Waals surface area contributed by atoms with Crippen molar-refractivity contribution in [1.29, 1.82) is 0 Å². The summed E-state index contributed by atoms with van der Waals surface area (Å²) in [7, 11) is 1.62. The molecule has 1 atom stereocenters. The molecule has 0 saturated carbocycles. The van der Waals surface area contributed by atoms with Gasteiger partial charge in [-0.25, -0.2) is 0 Å². The maximum Gasteiger partial charge on any atom is 0.239 e. The smallest absolute Gasteiger partial charge is 0.239 e. The molecule has 3 aromatic carbocycles. The summed E-state index contributed by atoms with van der Waals surface area (Å²) in [6.07, 6.45) is 0.747. The zero-order valence-electron chi connectivity index (χ0n) is 16.6. The Kier molecular flexibility index (Phi) is 4.67. The molecule has 5 rings (SSSR count). The van der Waals surface area contributed by atoms with Crippen LogP contribution in [0.15, 0.2) is 65.1 Å². The summed E-state index contributed by atoms with van der Waals surface area (Å²) >= 11 is 0. The number of methoxy groups -OCH3 is 1. The highest BCUT2D eigenvalue weighted by molar-refractivity contribution is 6.06. The zero-order chi connectivity index (χ0) is 20.5. The molecule has 1 aliphatic heterocycles. The molecule has 1 aliphatic rings. The van der Waals surface area contributed by atoms with E-state index in [0.717, 1.165) is 39.7 Å². The third-order valence-electron chi connectivity index (χ3n) is 5.43. The van der Waals surface area contributed by atoms with Crippen LogP contribution in [0.3, 0.4) is 0 Å². The van der Waals surface area contributed by atoms with Crippen LogP contribution in [0.5, 0.6) is 11.5 Å². The van der Waals surface area contributed by atoms with Crippen molar-refractivity contribution in [2.24, 2.45) is 0 Å². The average Bonchev–Trinajstić information content (AvgIpc) is 3.14. The fraction of sp³-hybridized carbons (Fsp3) is 0.208. The van der Waals surface area contributed by atoms with Crippen LogP contribution in [0.2, 0.25) is 0 Å². The zero-order valence-corrected chi connectivity index (χ0v) is 16.6. The topological polar surface area (TPSA) is 72.7 Å². The molecule has 4 aromatic rings.